The van der Waals surface area contributed by atoms with Crippen molar-refractivity contribution < 1.29 is 9.47 Å². The Bertz CT molecular complexity index is 518. The van der Waals surface area contributed by atoms with Crippen LogP contribution in [-0.2, 0) is 16.0 Å². The zero-order valence-corrected chi connectivity index (χ0v) is 11.4. The van der Waals surface area contributed by atoms with Crippen LogP contribution in [0.3, 0.4) is 0 Å². The highest BCUT2D eigenvalue weighted by Crippen LogP contribution is 2.10. The van der Waals surface area contributed by atoms with Gasteiger partial charge in [0.25, 0.3) is 5.56 Å². The number of hydrogen-bond acceptors (Lipinski definition) is 6. The number of aromatic amines is 1. The third-order valence-corrected chi connectivity index (χ3v) is 2.66. The van der Waals surface area contributed by atoms with E-state index in [4.69, 9.17) is 15.2 Å². The van der Waals surface area contributed by atoms with Crippen LogP contribution in [0.25, 0.3) is 0 Å². The van der Waals surface area contributed by atoms with E-state index < -0.39 is 17.5 Å². The van der Waals surface area contributed by atoms with Gasteiger partial charge in [-0.15, -0.1) is 0 Å². The molecule has 0 aromatic carbocycles. The van der Waals surface area contributed by atoms with Crippen LogP contribution in [0.5, 0.6) is 0 Å². The lowest BCUT2D eigenvalue weighted by atomic mass is 10.4. The Kier molecular flexibility index (Phi) is 5.58. The van der Waals surface area contributed by atoms with Gasteiger partial charge >= 0.3 is 5.69 Å². The molecule has 1 aromatic heterocycles. The zero-order valence-electron chi connectivity index (χ0n) is 11.4. The van der Waals surface area contributed by atoms with Crippen molar-refractivity contribution in [2.45, 2.75) is 26.2 Å². The van der Waals surface area contributed by atoms with E-state index in [1.807, 2.05) is 6.92 Å². The van der Waals surface area contributed by atoms with Crippen LogP contribution in [0.15, 0.2) is 9.59 Å². The molecule has 19 heavy (non-hydrogen) atoms. The third-order valence-electron chi connectivity index (χ3n) is 2.66. The number of hydrogen-bond donors (Lipinski definition) is 3. The first kappa shape index (κ1) is 15.3. The first-order valence-corrected chi connectivity index (χ1v) is 5.97. The molecule has 4 N–H and O–H groups in total. The summed E-state index contributed by atoms with van der Waals surface area (Å²) >= 11 is 0. The van der Waals surface area contributed by atoms with Gasteiger partial charge in [0.1, 0.15) is 11.5 Å². The summed E-state index contributed by atoms with van der Waals surface area (Å²) < 4.78 is 11.3. The van der Waals surface area contributed by atoms with Gasteiger partial charge in [-0.2, -0.15) is 0 Å². The van der Waals surface area contributed by atoms with Crippen LogP contribution in [-0.4, -0.2) is 36.6 Å². The second kappa shape index (κ2) is 6.95. The second-order valence-electron chi connectivity index (χ2n) is 3.95. The highest BCUT2D eigenvalue weighted by Gasteiger charge is 2.13. The van der Waals surface area contributed by atoms with E-state index in [0.717, 1.165) is 6.42 Å². The van der Waals surface area contributed by atoms with Crippen molar-refractivity contribution in [1.82, 2.24) is 9.55 Å². The Morgan fingerprint density at radius 2 is 2.00 bits per heavy atom. The second-order valence-corrected chi connectivity index (χ2v) is 3.95. The maximum atomic E-state index is 11.7. The van der Waals surface area contributed by atoms with Gasteiger partial charge < -0.3 is 20.5 Å². The summed E-state index contributed by atoms with van der Waals surface area (Å²) in [6, 6.07) is 0. The van der Waals surface area contributed by atoms with Crippen LogP contribution in [0.2, 0.25) is 0 Å². The summed E-state index contributed by atoms with van der Waals surface area (Å²) in [4.78, 5) is 25.5. The van der Waals surface area contributed by atoms with E-state index in [-0.39, 0.29) is 18.1 Å². The van der Waals surface area contributed by atoms with Crippen LogP contribution in [0.4, 0.5) is 11.5 Å². The van der Waals surface area contributed by atoms with Gasteiger partial charge in [-0.25, -0.2) is 4.79 Å². The first-order valence-electron chi connectivity index (χ1n) is 5.97. The molecule has 0 atom stereocenters. The predicted octanol–water partition coefficient (Wildman–Crippen LogP) is -0.440. The zero-order chi connectivity index (χ0) is 14.4. The molecule has 0 bridgehead atoms. The van der Waals surface area contributed by atoms with E-state index in [2.05, 4.69) is 10.3 Å². The number of H-pyrrole nitrogens is 1. The van der Waals surface area contributed by atoms with Crippen molar-refractivity contribution in [3.05, 3.63) is 20.8 Å². The molecule has 0 radical (unpaired) electrons. The molecule has 0 spiro atoms. The summed E-state index contributed by atoms with van der Waals surface area (Å²) in [5.41, 5.74) is 4.92. The lowest BCUT2D eigenvalue weighted by molar-refractivity contribution is -0.0914. The molecule has 0 amide bonds. The maximum absolute atomic E-state index is 11.7. The first-order chi connectivity index (χ1) is 9.04. The summed E-state index contributed by atoms with van der Waals surface area (Å²) in [7, 11) is 2.98. The number of rotatable bonds is 7. The summed E-state index contributed by atoms with van der Waals surface area (Å²) in [6.45, 7) is 2.59. The molecular weight excluding hydrogens is 252 g/mol. The predicted molar refractivity (Wildman–Crippen MR) is 72.3 cm³/mol. The number of ether oxygens (including phenoxy) is 2. The van der Waals surface area contributed by atoms with Gasteiger partial charge in [-0.1, -0.05) is 6.92 Å². The van der Waals surface area contributed by atoms with Gasteiger partial charge in [0.05, 0.1) is 6.54 Å². The van der Waals surface area contributed by atoms with Crippen molar-refractivity contribution in [2.75, 3.05) is 31.8 Å². The van der Waals surface area contributed by atoms with Gasteiger partial charge in [0.2, 0.25) is 0 Å². The molecule has 1 rings (SSSR count). The number of nitrogen functional groups attached to an aromatic ring is 1. The SMILES string of the molecule is CCCn1c(N)c(NCC(OC)OC)c(=O)[nH]c1=O. The minimum atomic E-state index is -0.555. The Balaban J connectivity index is 3.04. The molecule has 1 aromatic rings. The van der Waals surface area contributed by atoms with Crippen molar-refractivity contribution in [2.24, 2.45) is 0 Å². The monoisotopic (exact) mass is 272 g/mol. The number of methoxy groups -OCH3 is 2. The van der Waals surface area contributed by atoms with Crippen molar-refractivity contribution in [3.8, 4) is 0 Å². The van der Waals surface area contributed by atoms with Crippen LogP contribution in [0.1, 0.15) is 13.3 Å². The Hall–Kier alpha value is -1.80. The van der Waals surface area contributed by atoms with E-state index in [1.165, 1.54) is 18.8 Å². The van der Waals surface area contributed by atoms with E-state index in [1.54, 1.807) is 0 Å². The lowest BCUT2D eigenvalue weighted by Gasteiger charge is -2.17. The van der Waals surface area contributed by atoms with Crippen LogP contribution >= 0.6 is 0 Å². The lowest BCUT2D eigenvalue weighted by Crippen LogP contribution is -2.35. The average molecular weight is 272 g/mol. The molecule has 108 valence electrons. The van der Waals surface area contributed by atoms with Gasteiger partial charge in [-0.05, 0) is 6.42 Å². The fraction of sp³-hybridized carbons (Fsp3) is 0.636. The van der Waals surface area contributed by atoms with E-state index >= 15 is 0 Å². The summed E-state index contributed by atoms with van der Waals surface area (Å²) in [6.07, 6.45) is 0.222. The Morgan fingerprint density at radius 1 is 1.37 bits per heavy atom. The molecular formula is C11H20N4O4. The molecule has 0 aliphatic rings. The molecule has 0 aliphatic carbocycles. The van der Waals surface area contributed by atoms with Gasteiger partial charge in [0, 0.05) is 20.8 Å². The molecule has 1 heterocycles. The molecule has 0 unspecified atom stereocenters. The highest BCUT2D eigenvalue weighted by atomic mass is 16.7. The number of nitrogens with two attached hydrogens (primary N) is 1. The molecule has 0 saturated heterocycles. The number of nitrogens with zero attached hydrogens (tertiary/aromatic N) is 1. The van der Waals surface area contributed by atoms with Crippen molar-refractivity contribution in [1.29, 1.82) is 0 Å². The van der Waals surface area contributed by atoms with Crippen LogP contribution < -0.4 is 22.3 Å². The Labute approximate surface area is 110 Å². The molecule has 8 heteroatoms. The average Bonchev–Trinajstić information content (AvgIpc) is 2.38. The minimum Gasteiger partial charge on any atom is -0.383 e. The standard InChI is InChI=1S/C11H20N4O4/c1-4-5-15-9(12)8(10(16)14-11(15)17)13-6-7(18-2)19-3/h7,13H,4-6,12H2,1-3H3,(H,14,16,17). The minimum absolute atomic E-state index is 0.113. The van der Waals surface area contributed by atoms with Gasteiger partial charge in [0.15, 0.2) is 6.29 Å². The number of aromatic nitrogens is 2. The maximum Gasteiger partial charge on any atom is 0.330 e. The van der Waals surface area contributed by atoms with Crippen LogP contribution in [0, 0.1) is 0 Å². The smallest absolute Gasteiger partial charge is 0.330 e. The molecule has 0 saturated carbocycles. The quantitative estimate of drug-likeness (QED) is 0.580. The Morgan fingerprint density at radius 3 is 2.53 bits per heavy atom. The van der Waals surface area contributed by atoms with Gasteiger partial charge in [-0.3, -0.25) is 14.3 Å². The summed E-state index contributed by atoms with van der Waals surface area (Å²) in [5.74, 6) is 0.113. The fourth-order valence-corrected chi connectivity index (χ4v) is 1.65. The fourth-order valence-electron chi connectivity index (χ4n) is 1.65. The number of nitrogens with one attached hydrogen (secondary N) is 2. The van der Waals surface area contributed by atoms with Crippen molar-refractivity contribution >= 4 is 11.5 Å². The van der Waals surface area contributed by atoms with Crippen molar-refractivity contribution in [3.63, 3.8) is 0 Å². The topological polar surface area (TPSA) is 111 Å². The normalized spacial score (nSPS) is 10.9. The molecule has 0 aliphatic heterocycles. The third kappa shape index (κ3) is 3.58. The van der Waals surface area contributed by atoms with E-state index in [0.29, 0.717) is 6.54 Å². The molecule has 0 fully saturated rings. The number of anilines is 2. The van der Waals surface area contributed by atoms with E-state index in [9.17, 15) is 9.59 Å². The molecule has 8 nitrogen and oxygen atoms in total. The largest absolute Gasteiger partial charge is 0.383 e. The highest BCUT2D eigenvalue weighted by molar-refractivity contribution is 5.60. The summed E-state index contributed by atoms with van der Waals surface area (Å²) in [5, 5.41) is 2.83.